The average molecular weight is 236 g/mol. The third-order valence-electron chi connectivity index (χ3n) is 2.44. The van der Waals surface area contributed by atoms with Gasteiger partial charge in [0.2, 0.25) is 4.75 Å². The molecule has 7 heteroatoms. The second kappa shape index (κ2) is 3.90. The Bertz CT molecular complexity index is 384. The van der Waals surface area contributed by atoms with Crippen molar-refractivity contribution < 1.29 is 27.3 Å². The third kappa shape index (κ3) is 2.03. The first kappa shape index (κ1) is 12.1. The van der Waals surface area contributed by atoms with Crippen LogP contribution in [0.3, 0.4) is 0 Å². The number of rotatable bonds is 4. The fourth-order valence-electron chi connectivity index (χ4n) is 1.52. The smallest absolute Gasteiger partial charge is 0.338 e. The van der Waals surface area contributed by atoms with E-state index in [0.29, 0.717) is 12.8 Å². The van der Waals surface area contributed by atoms with E-state index < -0.39 is 33.2 Å². The lowest BCUT2D eigenvalue weighted by molar-refractivity contribution is -0.152. The fourth-order valence-corrected chi connectivity index (χ4v) is 2.47. The summed E-state index contributed by atoms with van der Waals surface area (Å²) in [5, 5.41) is 0. The lowest BCUT2D eigenvalue weighted by Gasteiger charge is -2.19. The molecule has 0 aliphatic carbocycles. The number of carbonyl (C=O) groups is 2. The summed E-state index contributed by atoms with van der Waals surface area (Å²) >= 11 is 0. The van der Waals surface area contributed by atoms with Gasteiger partial charge in [0.25, 0.3) is 10.1 Å². The Morgan fingerprint density at radius 1 is 1.47 bits per heavy atom. The first-order valence-corrected chi connectivity index (χ1v) is 5.99. The third-order valence-corrected chi connectivity index (χ3v) is 3.94. The molecule has 86 valence electrons. The van der Waals surface area contributed by atoms with Crippen LogP contribution < -0.4 is 0 Å². The molecule has 1 atom stereocenters. The zero-order valence-electron chi connectivity index (χ0n) is 8.23. The number of cyclic esters (lactones) is 2. The zero-order chi connectivity index (χ0) is 11.7. The SMILES string of the molecule is CCCCC1(S(=O)(=O)O)CC(=O)OC1=O. The summed E-state index contributed by atoms with van der Waals surface area (Å²) in [7, 11) is -4.61. The molecule has 0 bridgehead atoms. The minimum absolute atomic E-state index is 0.0904. The van der Waals surface area contributed by atoms with Gasteiger partial charge in [-0.2, -0.15) is 8.42 Å². The normalized spacial score (nSPS) is 26.8. The van der Waals surface area contributed by atoms with Gasteiger partial charge in [-0.1, -0.05) is 19.8 Å². The summed E-state index contributed by atoms with van der Waals surface area (Å²) < 4.78 is 33.4. The van der Waals surface area contributed by atoms with E-state index in [4.69, 9.17) is 4.55 Å². The maximum atomic E-state index is 11.3. The van der Waals surface area contributed by atoms with E-state index in [1.807, 2.05) is 0 Å². The van der Waals surface area contributed by atoms with Gasteiger partial charge in [0.1, 0.15) is 0 Å². The van der Waals surface area contributed by atoms with Crippen molar-refractivity contribution in [2.75, 3.05) is 0 Å². The van der Waals surface area contributed by atoms with Crippen molar-refractivity contribution in [1.82, 2.24) is 0 Å². The van der Waals surface area contributed by atoms with Crippen molar-refractivity contribution in [2.45, 2.75) is 37.4 Å². The number of hydrogen-bond donors (Lipinski definition) is 1. The van der Waals surface area contributed by atoms with Crippen LogP contribution in [0.15, 0.2) is 0 Å². The lowest BCUT2D eigenvalue weighted by Crippen LogP contribution is -2.42. The minimum Gasteiger partial charge on any atom is -0.392 e. The maximum absolute atomic E-state index is 11.3. The largest absolute Gasteiger partial charge is 0.392 e. The molecule has 1 aliphatic rings. The van der Waals surface area contributed by atoms with Crippen LogP contribution in [-0.2, 0) is 24.4 Å². The maximum Gasteiger partial charge on any atom is 0.338 e. The molecule has 0 spiro atoms. The summed E-state index contributed by atoms with van der Waals surface area (Å²) in [6, 6.07) is 0. The number of unbranched alkanes of at least 4 members (excludes halogenated alkanes) is 1. The molecule has 0 aromatic rings. The van der Waals surface area contributed by atoms with Crippen LogP contribution in [0, 0.1) is 0 Å². The molecule has 0 saturated carbocycles. The predicted molar refractivity (Wildman–Crippen MR) is 49.5 cm³/mol. The molecule has 6 nitrogen and oxygen atoms in total. The van der Waals surface area contributed by atoms with Crippen LogP contribution in [0.4, 0.5) is 0 Å². The summed E-state index contributed by atoms with van der Waals surface area (Å²) in [6.45, 7) is 1.81. The number of ether oxygens (including phenoxy) is 1. The Morgan fingerprint density at radius 2 is 2.07 bits per heavy atom. The van der Waals surface area contributed by atoms with Crippen molar-refractivity contribution in [1.29, 1.82) is 0 Å². The Labute approximate surface area is 87.4 Å². The average Bonchev–Trinajstić information content (AvgIpc) is 2.37. The van der Waals surface area contributed by atoms with E-state index in [0.717, 1.165) is 0 Å². The Balaban J connectivity index is 3.08. The second-order valence-corrected chi connectivity index (χ2v) is 5.24. The van der Waals surface area contributed by atoms with Gasteiger partial charge in [0.15, 0.2) is 0 Å². The Hall–Kier alpha value is -0.950. The van der Waals surface area contributed by atoms with Gasteiger partial charge in [-0.05, 0) is 6.42 Å². The van der Waals surface area contributed by atoms with Crippen molar-refractivity contribution >= 4 is 22.1 Å². The highest BCUT2D eigenvalue weighted by molar-refractivity contribution is 7.88. The van der Waals surface area contributed by atoms with Gasteiger partial charge in [0, 0.05) is 0 Å². The molecular formula is C8H12O6S. The molecule has 15 heavy (non-hydrogen) atoms. The van der Waals surface area contributed by atoms with Crippen LogP contribution in [0.25, 0.3) is 0 Å². The highest BCUT2D eigenvalue weighted by atomic mass is 32.2. The van der Waals surface area contributed by atoms with Gasteiger partial charge in [-0.25, -0.2) is 4.79 Å². The molecule has 0 aromatic heterocycles. The molecule has 1 fully saturated rings. The summed E-state index contributed by atoms with van der Waals surface area (Å²) in [5.41, 5.74) is 0. The van der Waals surface area contributed by atoms with Crippen molar-refractivity contribution in [3.63, 3.8) is 0 Å². The van der Waals surface area contributed by atoms with E-state index in [9.17, 15) is 18.0 Å². The van der Waals surface area contributed by atoms with Crippen molar-refractivity contribution in [3.05, 3.63) is 0 Å². The van der Waals surface area contributed by atoms with E-state index in [1.165, 1.54) is 0 Å². The first-order chi connectivity index (χ1) is 6.83. The highest BCUT2D eigenvalue weighted by Gasteiger charge is 2.58. The van der Waals surface area contributed by atoms with Crippen LogP contribution >= 0.6 is 0 Å². The standard InChI is InChI=1S/C8H12O6S/c1-2-3-4-8(15(11,12)13)5-6(9)14-7(8)10/h2-5H2,1H3,(H,11,12,13). The van der Waals surface area contributed by atoms with Gasteiger partial charge in [0.05, 0.1) is 6.42 Å². The van der Waals surface area contributed by atoms with Crippen LogP contribution in [0.1, 0.15) is 32.6 Å². The van der Waals surface area contributed by atoms with Gasteiger partial charge < -0.3 is 4.74 Å². The predicted octanol–water partition coefficient (Wildman–Crippen LogP) is 0.277. The summed E-state index contributed by atoms with van der Waals surface area (Å²) in [6.07, 6.45) is 0.387. The van der Waals surface area contributed by atoms with Crippen molar-refractivity contribution in [3.8, 4) is 0 Å². The summed E-state index contributed by atoms with van der Waals surface area (Å²) in [5.74, 6) is -2.07. The monoisotopic (exact) mass is 236 g/mol. The van der Waals surface area contributed by atoms with Gasteiger partial charge in [-0.3, -0.25) is 9.35 Å². The molecule has 1 aliphatic heterocycles. The molecule has 0 amide bonds. The molecule has 1 heterocycles. The Kier molecular flexibility index (Phi) is 3.15. The summed E-state index contributed by atoms with van der Waals surface area (Å²) in [4.78, 5) is 22.1. The molecule has 1 N–H and O–H groups in total. The zero-order valence-corrected chi connectivity index (χ0v) is 9.04. The topological polar surface area (TPSA) is 97.7 Å². The van der Waals surface area contributed by atoms with Crippen molar-refractivity contribution in [2.24, 2.45) is 0 Å². The molecular weight excluding hydrogens is 224 g/mol. The highest BCUT2D eigenvalue weighted by Crippen LogP contribution is 2.34. The quantitative estimate of drug-likeness (QED) is 0.427. The molecule has 1 rings (SSSR count). The molecule has 1 saturated heterocycles. The van der Waals surface area contributed by atoms with Gasteiger partial charge >= 0.3 is 11.9 Å². The number of esters is 2. The molecule has 0 radical (unpaired) electrons. The minimum atomic E-state index is -4.61. The van der Waals surface area contributed by atoms with E-state index in [2.05, 4.69) is 4.74 Å². The molecule has 1 unspecified atom stereocenters. The first-order valence-electron chi connectivity index (χ1n) is 4.55. The van der Waals surface area contributed by atoms with Gasteiger partial charge in [-0.15, -0.1) is 0 Å². The lowest BCUT2D eigenvalue weighted by atomic mass is 10.00. The van der Waals surface area contributed by atoms with E-state index in [-0.39, 0.29) is 6.42 Å². The number of carbonyl (C=O) groups excluding carboxylic acids is 2. The van der Waals surface area contributed by atoms with Crippen LogP contribution in [0.2, 0.25) is 0 Å². The number of hydrogen-bond acceptors (Lipinski definition) is 5. The second-order valence-electron chi connectivity index (χ2n) is 3.51. The van der Waals surface area contributed by atoms with Crippen LogP contribution in [-0.4, -0.2) is 29.7 Å². The molecule has 0 aromatic carbocycles. The Morgan fingerprint density at radius 3 is 2.40 bits per heavy atom. The van der Waals surface area contributed by atoms with E-state index >= 15 is 0 Å². The van der Waals surface area contributed by atoms with Crippen LogP contribution in [0.5, 0.6) is 0 Å². The fraction of sp³-hybridized carbons (Fsp3) is 0.750. The van der Waals surface area contributed by atoms with E-state index in [1.54, 1.807) is 6.92 Å².